The standard InChI is InChI=1S/C19H18BrFN2O2/c1-13(14-4-8-16(21)9-5-14)22-19(25)15-6-10-17(11-7-15)23-18(24)3-2-12-20/h2-11,13H,12H2,1H3,(H,22,25)(H,23,24)/t13-/m0/s1. The van der Waals surface area contributed by atoms with Gasteiger partial charge in [0, 0.05) is 22.7 Å². The molecule has 0 fully saturated rings. The summed E-state index contributed by atoms with van der Waals surface area (Å²) in [7, 11) is 0. The SMILES string of the molecule is C[C@H](NC(=O)c1ccc(NC(=O)C=CCBr)cc1)c1ccc(F)cc1. The molecule has 2 rings (SSSR count). The zero-order valence-corrected chi connectivity index (χ0v) is 15.2. The third-order valence-electron chi connectivity index (χ3n) is 3.49. The van der Waals surface area contributed by atoms with Gasteiger partial charge >= 0.3 is 0 Å². The number of allylic oxidation sites excluding steroid dienone is 1. The zero-order valence-electron chi connectivity index (χ0n) is 13.6. The average Bonchev–Trinajstić information content (AvgIpc) is 2.61. The molecule has 0 aliphatic heterocycles. The van der Waals surface area contributed by atoms with Gasteiger partial charge in [0.05, 0.1) is 6.04 Å². The molecule has 0 bridgehead atoms. The van der Waals surface area contributed by atoms with E-state index in [0.717, 1.165) is 5.56 Å². The van der Waals surface area contributed by atoms with Gasteiger partial charge in [-0.2, -0.15) is 0 Å². The van der Waals surface area contributed by atoms with Gasteiger partial charge in [-0.3, -0.25) is 9.59 Å². The Kier molecular flexibility index (Phi) is 6.89. The van der Waals surface area contributed by atoms with Crippen molar-refractivity contribution in [2.45, 2.75) is 13.0 Å². The minimum atomic E-state index is -0.314. The van der Waals surface area contributed by atoms with Crippen LogP contribution in [0.25, 0.3) is 0 Å². The van der Waals surface area contributed by atoms with E-state index >= 15 is 0 Å². The van der Waals surface area contributed by atoms with Gasteiger partial charge in [-0.05, 0) is 48.9 Å². The second kappa shape index (κ2) is 9.13. The van der Waals surface area contributed by atoms with Crippen LogP contribution in [0.4, 0.5) is 10.1 Å². The lowest BCUT2D eigenvalue weighted by atomic mass is 10.1. The Morgan fingerprint density at radius 2 is 1.76 bits per heavy atom. The molecule has 1 atom stereocenters. The number of carbonyl (C=O) groups excluding carboxylic acids is 2. The van der Waals surface area contributed by atoms with Crippen LogP contribution in [0, 0.1) is 5.82 Å². The maximum atomic E-state index is 13.0. The highest BCUT2D eigenvalue weighted by atomic mass is 79.9. The molecule has 0 saturated carbocycles. The van der Waals surface area contributed by atoms with Gasteiger partial charge in [0.15, 0.2) is 0 Å². The molecule has 2 aromatic rings. The molecule has 0 aliphatic carbocycles. The topological polar surface area (TPSA) is 58.2 Å². The van der Waals surface area contributed by atoms with Crippen LogP contribution in [-0.2, 0) is 4.79 Å². The summed E-state index contributed by atoms with van der Waals surface area (Å²) in [6.45, 7) is 1.83. The molecule has 0 spiro atoms. The van der Waals surface area contributed by atoms with Crippen LogP contribution >= 0.6 is 15.9 Å². The van der Waals surface area contributed by atoms with Crippen molar-refractivity contribution >= 4 is 33.4 Å². The normalized spacial score (nSPS) is 12.0. The Hall–Kier alpha value is -2.47. The molecule has 6 heteroatoms. The van der Waals surface area contributed by atoms with Crippen molar-refractivity contribution in [3.63, 3.8) is 0 Å². The van der Waals surface area contributed by atoms with Crippen molar-refractivity contribution in [2.75, 3.05) is 10.6 Å². The first-order valence-corrected chi connectivity index (χ1v) is 8.81. The maximum Gasteiger partial charge on any atom is 0.251 e. The number of alkyl halides is 1. The fraction of sp³-hybridized carbons (Fsp3) is 0.158. The summed E-state index contributed by atoms with van der Waals surface area (Å²) in [5, 5.41) is 6.16. The van der Waals surface area contributed by atoms with E-state index in [1.165, 1.54) is 18.2 Å². The number of nitrogens with one attached hydrogen (secondary N) is 2. The molecule has 2 aromatic carbocycles. The Morgan fingerprint density at radius 1 is 1.12 bits per heavy atom. The van der Waals surface area contributed by atoms with Gasteiger partial charge in [-0.25, -0.2) is 4.39 Å². The molecule has 130 valence electrons. The van der Waals surface area contributed by atoms with Crippen molar-refractivity contribution < 1.29 is 14.0 Å². The van der Waals surface area contributed by atoms with Crippen molar-refractivity contribution in [1.29, 1.82) is 0 Å². The average molecular weight is 405 g/mol. The minimum absolute atomic E-state index is 0.235. The second-order valence-corrected chi connectivity index (χ2v) is 6.02. The summed E-state index contributed by atoms with van der Waals surface area (Å²) < 4.78 is 13.0. The monoisotopic (exact) mass is 404 g/mol. The maximum absolute atomic E-state index is 13.0. The summed E-state index contributed by atoms with van der Waals surface area (Å²) >= 11 is 3.20. The van der Waals surface area contributed by atoms with Crippen molar-refractivity contribution in [3.05, 3.63) is 77.6 Å². The Bertz CT molecular complexity index is 758. The molecule has 0 aromatic heterocycles. The summed E-state index contributed by atoms with van der Waals surface area (Å²) in [5.74, 6) is -0.790. The fourth-order valence-electron chi connectivity index (χ4n) is 2.16. The van der Waals surface area contributed by atoms with Gasteiger partial charge in [0.25, 0.3) is 5.91 Å². The van der Waals surface area contributed by atoms with Crippen molar-refractivity contribution in [1.82, 2.24) is 5.32 Å². The highest BCUT2D eigenvalue weighted by molar-refractivity contribution is 9.09. The number of amides is 2. The summed E-state index contributed by atoms with van der Waals surface area (Å²) in [6, 6.07) is 12.3. The molecule has 2 amide bonds. The van der Waals surface area contributed by atoms with Gasteiger partial charge < -0.3 is 10.6 Å². The van der Waals surface area contributed by atoms with E-state index in [2.05, 4.69) is 26.6 Å². The number of halogens is 2. The first kappa shape index (κ1) is 18.9. The van der Waals surface area contributed by atoms with Gasteiger partial charge in [-0.15, -0.1) is 0 Å². The first-order valence-electron chi connectivity index (χ1n) is 7.69. The van der Waals surface area contributed by atoms with Crippen LogP contribution < -0.4 is 10.6 Å². The lowest BCUT2D eigenvalue weighted by Crippen LogP contribution is -2.26. The van der Waals surface area contributed by atoms with E-state index in [1.807, 2.05) is 6.92 Å². The largest absolute Gasteiger partial charge is 0.346 e. The zero-order chi connectivity index (χ0) is 18.2. The number of rotatable bonds is 6. The number of hydrogen-bond donors (Lipinski definition) is 2. The van der Waals surface area contributed by atoms with Crippen LogP contribution in [0.3, 0.4) is 0 Å². The van der Waals surface area contributed by atoms with E-state index in [9.17, 15) is 14.0 Å². The molecule has 2 N–H and O–H groups in total. The van der Waals surface area contributed by atoms with Crippen LogP contribution in [0.15, 0.2) is 60.7 Å². The van der Waals surface area contributed by atoms with Crippen LogP contribution in [0.5, 0.6) is 0 Å². The van der Waals surface area contributed by atoms with E-state index in [1.54, 1.807) is 42.5 Å². The van der Waals surface area contributed by atoms with E-state index in [0.29, 0.717) is 16.6 Å². The quantitative estimate of drug-likeness (QED) is 0.559. The summed E-state index contributed by atoms with van der Waals surface area (Å²) in [6.07, 6.45) is 3.12. The highest BCUT2D eigenvalue weighted by Gasteiger charge is 2.11. The van der Waals surface area contributed by atoms with Crippen molar-refractivity contribution in [2.24, 2.45) is 0 Å². The molecule has 0 saturated heterocycles. The Labute approximate surface area is 154 Å². The Balaban J connectivity index is 1.96. The van der Waals surface area contributed by atoms with E-state index < -0.39 is 0 Å². The van der Waals surface area contributed by atoms with Crippen LogP contribution in [0.1, 0.15) is 28.9 Å². The molecular weight excluding hydrogens is 387 g/mol. The Morgan fingerprint density at radius 3 is 2.36 bits per heavy atom. The number of benzene rings is 2. The second-order valence-electron chi connectivity index (χ2n) is 5.37. The minimum Gasteiger partial charge on any atom is -0.346 e. The molecule has 25 heavy (non-hydrogen) atoms. The number of carbonyl (C=O) groups is 2. The lowest BCUT2D eigenvalue weighted by Gasteiger charge is -2.14. The predicted octanol–water partition coefficient (Wildman–Crippen LogP) is 4.21. The van der Waals surface area contributed by atoms with Gasteiger partial charge in [0.2, 0.25) is 5.91 Å². The van der Waals surface area contributed by atoms with Crippen LogP contribution in [0.2, 0.25) is 0 Å². The van der Waals surface area contributed by atoms with Crippen LogP contribution in [-0.4, -0.2) is 17.1 Å². The predicted molar refractivity (Wildman–Crippen MR) is 100 cm³/mol. The molecule has 0 unspecified atom stereocenters. The molecule has 0 radical (unpaired) electrons. The van der Waals surface area contributed by atoms with Crippen molar-refractivity contribution in [3.8, 4) is 0 Å². The van der Waals surface area contributed by atoms with Gasteiger partial charge in [0.1, 0.15) is 5.82 Å². The molecule has 0 aliphatic rings. The number of hydrogen-bond acceptors (Lipinski definition) is 2. The highest BCUT2D eigenvalue weighted by Crippen LogP contribution is 2.15. The molecular formula is C19H18BrFN2O2. The first-order chi connectivity index (χ1) is 12.0. The summed E-state index contributed by atoms with van der Waals surface area (Å²) in [4.78, 5) is 23.9. The number of anilines is 1. The van der Waals surface area contributed by atoms with E-state index in [4.69, 9.17) is 0 Å². The molecule has 0 heterocycles. The fourth-order valence-corrected chi connectivity index (χ4v) is 2.34. The molecule has 4 nitrogen and oxygen atoms in total. The smallest absolute Gasteiger partial charge is 0.251 e. The van der Waals surface area contributed by atoms with Gasteiger partial charge in [-0.1, -0.05) is 34.1 Å². The third-order valence-corrected chi connectivity index (χ3v) is 3.86. The van der Waals surface area contributed by atoms with E-state index in [-0.39, 0.29) is 23.7 Å². The summed E-state index contributed by atoms with van der Waals surface area (Å²) in [5.41, 5.74) is 1.90. The lowest BCUT2D eigenvalue weighted by molar-refractivity contribution is -0.111. The third kappa shape index (κ3) is 5.83.